The lowest BCUT2D eigenvalue weighted by Gasteiger charge is -2.36. The molecule has 0 N–H and O–H groups in total. The smallest absolute Gasteiger partial charge is 0.253 e. The molecule has 0 unspecified atom stereocenters. The van der Waals surface area contributed by atoms with Gasteiger partial charge in [-0.2, -0.15) is 10.3 Å². The van der Waals surface area contributed by atoms with Crippen LogP contribution in [-0.4, -0.2) is 81.4 Å². The summed E-state index contributed by atoms with van der Waals surface area (Å²) in [5.41, 5.74) is 4.62. The van der Waals surface area contributed by atoms with Crippen molar-refractivity contribution in [3.8, 4) is 28.6 Å². The number of nitrogens with zero attached hydrogens (tertiary/aromatic N) is 5. The number of aliphatic imine (C=N–C) groups is 1. The van der Waals surface area contributed by atoms with Crippen LogP contribution in [0.4, 0.5) is 10.1 Å². The van der Waals surface area contributed by atoms with Gasteiger partial charge in [0.05, 0.1) is 24.1 Å². The van der Waals surface area contributed by atoms with E-state index in [1.54, 1.807) is 42.2 Å². The van der Waals surface area contributed by atoms with Crippen molar-refractivity contribution in [2.24, 2.45) is 4.99 Å². The topological polar surface area (TPSA) is 127 Å². The summed E-state index contributed by atoms with van der Waals surface area (Å²) in [6, 6.07) is 27.0. The minimum Gasteiger partial charge on any atom is -0.455 e. The Morgan fingerprint density at radius 1 is 0.904 bits per heavy atom. The van der Waals surface area contributed by atoms with Crippen LogP contribution in [0.3, 0.4) is 0 Å². The van der Waals surface area contributed by atoms with Gasteiger partial charge in [-0.1, -0.05) is 79.2 Å². The minimum atomic E-state index is -3.97. The molecule has 2 heterocycles. The SMILES string of the molecule is CCC(=O)c1c(-c2ccc(C)cc2)oc2cc(N(CCF)S(C)(=O)=O)c(-c3cccc(C(=O)N4CCN(C(=NC#N)c5ccccc5)CC4)c3)cc12. The molecule has 12 heteroatoms. The molecule has 266 valence electrons. The summed E-state index contributed by atoms with van der Waals surface area (Å²) >= 11 is 0. The number of hydrogen-bond acceptors (Lipinski definition) is 7. The number of nitriles is 1. The summed E-state index contributed by atoms with van der Waals surface area (Å²) < 4.78 is 47.4. The molecule has 1 fully saturated rings. The van der Waals surface area contributed by atoms with Crippen LogP contribution in [0.5, 0.6) is 0 Å². The van der Waals surface area contributed by atoms with Crippen LogP contribution in [0.2, 0.25) is 0 Å². The summed E-state index contributed by atoms with van der Waals surface area (Å²) in [5, 5.41) is 9.82. The van der Waals surface area contributed by atoms with Gasteiger partial charge in [0.25, 0.3) is 5.91 Å². The zero-order valence-electron chi connectivity index (χ0n) is 29.2. The maximum absolute atomic E-state index is 13.9. The van der Waals surface area contributed by atoms with Gasteiger partial charge in [0.2, 0.25) is 16.2 Å². The average molecular weight is 720 g/mol. The van der Waals surface area contributed by atoms with Crippen molar-refractivity contribution in [2.45, 2.75) is 20.3 Å². The first kappa shape index (κ1) is 36.0. The quantitative estimate of drug-likeness (QED) is 0.0653. The lowest BCUT2D eigenvalue weighted by atomic mass is 9.95. The normalized spacial score (nSPS) is 13.6. The monoisotopic (exact) mass is 719 g/mol. The Morgan fingerprint density at radius 2 is 1.58 bits per heavy atom. The Bertz CT molecular complexity index is 2310. The molecule has 1 aromatic heterocycles. The lowest BCUT2D eigenvalue weighted by molar-refractivity contribution is 0.0692. The van der Waals surface area contributed by atoms with Crippen molar-refractivity contribution in [1.82, 2.24) is 9.80 Å². The number of amidine groups is 1. The van der Waals surface area contributed by atoms with Crippen LogP contribution >= 0.6 is 0 Å². The van der Waals surface area contributed by atoms with E-state index in [4.69, 9.17) is 4.42 Å². The molecule has 0 saturated carbocycles. The number of benzene rings is 4. The first-order chi connectivity index (χ1) is 25.0. The molecule has 0 radical (unpaired) electrons. The standard InChI is InChI=1S/C40H38FN5O5S/c1-4-35(47)37-33-24-32(34(46(18-17-41)52(3,49)50)25-36(33)51-38(37)28-15-13-27(2)14-16-28)30-11-8-12-31(23-30)40(48)45-21-19-44(20-22-45)39(43-26-42)29-9-6-5-7-10-29/h5-16,23-25H,4,17-22H2,1-3H3. The highest BCUT2D eigenvalue weighted by molar-refractivity contribution is 7.92. The number of carbonyl (C=O) groups excluding carboxylic acids is 2. The van der Waals surface area contributed by atoms with Crippen LogP contribution in [0, 0.1) is 18.4 Å². The predicted molar refractivity (Wildman–Crippen MR) is 201 cm³/mol. The Labute approximate surface area is 302 Å². The van der Waals surface area contributed by atoms with Crippen LogP contribution in [0.1, 0.15) is 45.2 Å². The maximum Gasteiger partial charge on any atom is 0.253 e. The molecule has 0 bridgehead atoms. The van der Waals surface area contributed by atoms with Gasteiger partial charge in [0, 0.05) is 66.3 Å². The van der Waals surface area contributed by atoms with Crippen molar-refractivity contribution in [3.63, 3.8) is 0 Å². The summed E-state index contributed by atoms with van der Waals surface area (Å²) in [5.74, 6) is 0.530. The zero-order chi connectivity index (χ0) is 37.0. The molecular formula is C40H38FN5O5S. The number of alkyl halides is 1. The molecule has 52 heavy (non-hydrogen) atoms. The molecular weight excluding hydrogens is 682 g/mol. The van der Waals surface area contributed by atoms with Gasteiger partial charge in [0.1, 0.15) is 23.9 Å². The summed E-state index contributed by atoms with van der Waals surface area (Å²) in [6.45, 7) is 4.04. The highest BCUT2D eigenvalue weighted by Crippen LogP contribution is 2.42. The van der Waals surface area contributed by atoms with Crippen molar-refractivity contribution < 1.29 is 26.8 Å². The Kier molecular flexibility index (Phi) is 10.5. The van der Waals surface area contributed by atoms with Gasteiger partial charge in [-0.3, -0.25) is 13.9 Å². The molecule has 0 atom stereocenters. The summed E-state index contributed by atoms with van der Waals surface area (Å²) in [6.07, 6.45) is 3.10. The predicted octanol–water partition coefficient (Wildman–Crippen LogP) is 7.09. The lowest BCUT2D eigenvalue weighted by Crippen LogP contribution is -2.50. The number of ketones is 1. The van der Waals surface area contributed by atoms with E-state index in [-0.39, 0.29) is 29.4 Å². The van der Waals surface area contributed by atoms with E-state index < -0.39 is 23.2 Å². The second-order valence-corrected chi connectivity index (χ2v) is 14.5. The number of carbonyl (C=O) groups is 2. The minimum absolute atomic E-state index is 0.157. The number of halogens is 1. The number of fused-ring (bicyclic) bond motifs is 1. The number of sulfonamides is 1. The average Bonchev–Trinajstić information content (AvgIpc) is 3.53. The number of rotatable bonds is 10. The van der Waals surface area contributed by atoms with Crippen molar-refractivity contribution in [1.29, 1.82) is 5.26 Å². The number of amides is 1. The largest absolute Gasteiger partial charge is 0.455 e. The Hall–Kier alpha value is -5.80. The molecule has 6 rings (SSSR count). The Morgan fingerprint density at radius 3 is 2.21 bits per heavy atom. The molecule has 10 nitrogen and oxygen atoms in total. The summed E-state index contributed by atoms with van der Waals surface area (Å²) in [7, 11) is -3.97. The number of Topliss-reactive ketones (excluding diaryl/α,β-unsaturated/α-hetero) is 1. The van der Waals surface area contributed by atoms with E-state index in [0.29, 0.717) is 71.0 Å². The van der Waals surface area contributed by atoms with Crippen molar-refractivity contribution in [3.05, 3.63) is 113 Å². The molecule has 5 aromatic rings. The van der Waals surface area contributed by atoms with Crippen LogP contribution < -0.4 is 4.31 Å². The van der Waals surface area contributed by atoms with Crippen LogP contribution in [0.25, 0.3) is 33.4 Å². The maximum atomic E-state index is 13.9. The fourth-order valence-corrected chi connectivity index (χ4v) is 7.46. The van der Waals surface area contributed by atoms with Crippen molar-refractivity contribution in [2.75, 3.05) is 50.0 Å². The van der Waals surface area contributed by atoms with Crippen LogP contribution in [-0.2, 0) is 10.0 Å². The number of anilines is 1. The van der Waals surface area contributed by atoms with E-state index in [2.05, 4.69) is 4.99 Å². The molecule has 1 amide bonds. The third kappa shape index (κ3) is 7.31. The highest BCUT2D eigenvalue weighted by Gasteiger charge is 2.29. The van der Waals surface area contributed by atoms with Gasteiger partial charge >= 0.3 is 0 Å². The Balaban J connectivity index is 1.41. The third-order valence-corrected chi connectivity index (χ3v) is 10.3. The number of hydrogen-bond donors (Lipinski definition) is 0. The first-order valence-corrected chi connectivity index (χ1v) is 18.8. The van der Waals surface area contributed by atoms with Gasteiger partial charge in [-0.15, -0.1) is 0 Å². The highest BCUT2D eigenvalue weighted by atomic mass is 32.2. The van der Waals surface area contributed by atoms with Gasteiger partial charge in [0.15, 0.2) is 5.78 Å². The van der Waals surface area contributed by atoms with Gasteiger partial charge in [-0.05, 0) is 30.7 Å². The molecule has 0 spiro atoms. The van der Waals surface area contributed by atoms with Gasteiger partial charge < -0.3 is 14.2 Å². The van der Waals surface area contributed by atoms with E-state index in [1.165, 1.54) is 6.07 Å². The second kappa shape index (κ2) is 15.2. The molecule has 1 saturated heterocycles. The third-order valence-electron chi connectivity index (χ3n) is 9.15. The van der Waals surface area contributed by atoms with E-state index in [0.717, 1.165) is 21.7 Å². The van der Waals surface area contributed by atoms with E-state index in [9.17, 15) is 27.7 Å². The fourth-order valence-electron chi connectivity index (χ4n) is 6.55. The zero-order valence-corrected chi connectivity index (χ0v) is 30.0. The number of aryl methyl sites for hydroxylation is 1. The van der Waals surface area contributed by atoms with Gasteiger partial charge in [-0.25, -0.2) is 12.8 Å². The first-order valence-electron chi connectivity index (χ1n) is 16.9. The molecule has 4 aromatic carbocycles. The van der Waals surface area contributed by atoms with E-state index >= 15 is 0 Å². The van der Waals surface area contributed by atoms with Crippen molar-refractivity contribution >= 4 is 44.2 Å². The fraction of sp³-hybridized carbons (Fsp3) is 0.250. The molecule has 1 aliphatic rings. The van der Waals surface area contributed by atoms with E-state index in [1.807, 2.05) is 72.6 Å². The molecule has 1 aliphatic heterocycles. The number of piperazine rings is 1. The molecule has 0 aliphatic carbocycles. The second-order valence-electron chi connectivity index (χ2n) is 12.6. The summed E-state index contributed by atoms with van der Waals surface area (Å²) in [4.78, 5) is 35.2. The number of furan rings is 1. The van der Waals surface area contributed by atoms with Crippen LogP contribution in [0.15, 0.2) is 100 Å².